The van der Waals surface area contributed by atoms with Crippen molar-refractivity contribution in [3.8, 4) is 0 Å². The van der Waals surface area contributed by atoms with Crippen LogP contribution in [-0.2, 0) is 18.0 Å². The molecule has 0 saturated carbocycles. The van der Waals surface area contributed by atoms with Gasteiger partial charge >= 0.3 is 12.3 Å². The topological polar surface area (TPSA) is 47.4 Å². The lowest BCUT2D eigenvalue weighted by molar-refractivity contribution is -0.141. The Morgan fingerprint density at radius 1 is 1.30 bits per heavy atom. The van der Waals surface area contributed by atoms with Crippen LogP contribution in [0, 0.1) is 0 Å². The summed E-state index contributed by atoms with van der Waals surface area (Å²) in [5, 5.41) is 0. The Labute approximate surface area is 132 Å². The van der Waals surface area contributed by atoms with E-state index in [9.17, 15) is 18.0 Å². The van der Waals surface area contributed by atoms with Gasteiger partial charge in [-0.15, -0.1) is 0 Å². The Balaban J connectivity index is 2.17. The molecule has 128 valence electrons. The SMILES string of the molecule is Cn1cnc(C(F)(F)F)c1C1=CCN(C(=O)OC(C)(C)C)CC1. The van der Waals surface area contributed by atoms with E-state index in [0.29, 0.717) is 18.5 Å². The predicted octanol–water partition coefficient (Wildman–Crippen LogP) is 3.46. The summed E-state index contributed by atoms with van der Waals surface area (Å²) in [7, 11) is 1.53. The minimum atomic E-state index is -4.50. The van der Waals surface area contributed by atoms with Crippen molar-refractivity contribution in [2.24, 2.45) is 7.05 Å². The average Bonchev–Trinajstić information content (AvgIpc) is 2.79. The molecule has 2 heterocycles. The molecular weight excluding hydrogens is 311 g/mol. The molecular formula is C15H20F3N3O2. The summed E-state index contributed by atoms with van der Waals surface area (Å²) in [4.78, 5) is 16.9. The van der Waals surface area contributed by atoms with E-state index in [1.165, 1.54) is 16.5 Å². The Kier molecular flexibility index (Phi) is 4.45. The highest BCUT2D eigenvalue weighted by atomic mass is 19.4. The van der Waals surface area contributed by atoms with Crippen molar-refractivity contribution in [3.63, 3.8) is 0 Å². The lowest BCUT2D eigenvalue weighted by atomic mass is 10.0. The van der Waals surface area contributed by atoms with Crippen molar-refractivity contribution in [2.45, 2.75) is 39.0 Å². The van der Waals surface area contributed by atoms with Gasteiger partial charge in [-0.25, -0.2) is 9.78 Å². The first-order valence-corrected chi connectivity index (χ1v) is 7.25. The maximum atomic E-state index is 13.0. The van der Waals surface area contributed by atoms with Crippen LogP contribution in [0.3, 0.4) is 0 Å². The number of carbonyl (C=O) groups is 1. The summed E-state index contributed by atoms with van der Waals surface area (Å²) < 4.78 is 45.7. The highest BCUT2D eigenvalue weighted by molar-refractivity contribution is 5.72. The smallest absolute Gasteiger partial charge is 0.435 e. The number of amides is 1. The van der Waals surface area contributed by atoms with Crippen LogP contribution in [0.25, 0.3) is 5.57 Å². The maximum Gasteiger partial charge on any atom is 0.435 e. The molecule has 0 spiro atoms. The minimum absolute atomic E-state index is 0.0568. The number of aryl methyl sites for hydroxylation is 1. The predicted molar refractivity (Wildman–Crippen MR) is 78.6 cm³/mol. The second-order valence-corrected chi connectivity index (χ2v) is 6.46. The quantitative estimate of drug-likeness (QED) is 0.792. The second-order valence-electron chi connectivity index (χ2n) is 6.46. The van der Waals surface area contributed by atoms with Gasteiger partial charge in [-0.2, -0.15) is 13.2 Å². The van der Waals surface area contributed by atoms with Gasteiger partial charge in [-0.1, -0.05) is 6.08 Å². The summed E-state index contributed by atoms with van der Waals surface area (Å²) >= 11 is 0. The zero-order valence-corrected chi connectivity index (χ0v) is 13.6. The summed E-state index contributed by atoms with van der Waals surface area (Å²) in [6.45, 7) is 5.82. The van der Waals surface area contributed by atoms with Gasteiger partial charge in [0.15, 0.2) is 5.69 Å². The van der Waals surface area contributed by atoms with Crippen LogP contribution in [0.4, 0.5) is 18.0 Å². The number of carbonyl (C=O) groups excluding carboxylic acids is 1. The van der Waals surface area contributed by atoms with Crippen LogP contribution >= 0.6 is 0 Å². The van der Waals surface area contributed by atoms with E-state index in [1.54, 1.807) is 26.8 Å². The molecule has 1 aromatic heterocycles. The zero-order chi connectivity index (χ0) is 17.4. The third-order valence-electron chi connectivity index (χ3n) is 3.37. The van der Waals surface area contributed by atoms with Crippen molar-refractivity contribution < 1.29 is 22.7 Å². The summed E-state index contributed by atoms with van der Waals surface area (Å²) in [5.74, 6) is 0. The fraction of sp³-hybridized carbons (Fsp3) is 0.600. The van der Waals surface area contributed by atoms with Crippen LogP contribution in [0.5, 0.6) is 0 Å². The van der Waals surface area contributed by atoms with Crippen LogP contribution in [0.15, 0.2) is 12.4 Å². The molecule has 8 heteroatoms. The number of hydrogen-bond donors (Lipinski definition) is 0. The summed E-state index contributed by atoms with van der Waals surface area (Å²) in [6, 6.07) is 0. The Morgan fingerprint density at radius 2 is 1.96 bits per heavy atom. The van der Waals surface area contributed by atoms with Gasteiger partial charge in [-0.3, -0.25) is 0 Å². The van der Waals surface area contributed by atoms with E-state index < -0.39 is 23.6 Å². The number of nitrogens with zero attached hydrogens (tertiary/aromatic N) is 3. The zero-order valence-electron chi connectivity index (χ0n) is 13.6. The third-order valence-corrected chi connectivity index (χ3v) is 3.37. The van der Waals surface area contributed by atoms with Crippen LogP contribution < -0.4 is 0 Å². The van der Waals surface area contributed by atoms with Gasteiger partial charge < -0.3 is 14.2 Å². The highest BCUT2D eigenvalue weighted by Gasteiger charge is 2.38. The van der Waals surface area contributed by atoms with E-state index in [0.717, 1.165) is 6.33 Å². The number of ether oxygens (including phenoxy) is 1. The molecule has 0 radical (unpaired) electrons. The lowest BCUT2D eigenvalue weighted by Gasteiger charge is -2.29. The molecule has 0 atom stereocenters. The van der Waals surface area contributed by atoms with E-state index in [2.05, 4.69) is 4.98 Å². The van der Waals surface area contributed by atoms with Gasteiger partial charge in [0.05, 0.1) is 12.0 Å². The largest absolute Gasteiger partial charge is 0.444 e. The Hall–Kier alpha value is -1.99. The molecule has 0 bridgehead atoms. The fourth-order valence-electron chi connectivity index (χ4n) is 2.39. The molecule has 2 rings (SSSR count). The first kappa shape index (κ1) is 17.4. The molecule has 0 N–H and O–H groups in total. The van der Waals surface area contributed by atoms with Gasteiger partial charge in [0.25, 0.3) is 0 Å². The van der Waals surface area contributed by atoms with Crippen LogP contribution in [0.2, 0.25) is 0 Å². The van der Waals surface area contributed by atoms with E-state index in [-0.39, 0.29) is 12.2 Å². The molecule has 0 aliphatic carbocycles. The van der Waals surface area contributed by atoms with E-state index >= 15 is 0 Å². The molecule has 0 saturated heterocycles. The monoisotopic (exact) mass is 331 g/mol. The number of rotatable bonds is 1. The average molecular weight is 331 g/mol. The minimum Gasteiger partial charge on any atom is -0.444 e. The number of aromatic nitrogens is 2. The number of hydrogen-bond acceptors (Lipinski definition) is 3. The summed E-state index contributed by atoms with van der Waals surface area (Å²) in [5.41, 5.74) is -0.900. The molecule has 0 aromatic carbocycles. The molecule has 1 aliphatic rings. The second kappa shape index (κ2) is 5.90. The van der Waals surface area contributed by atoms with Crippen LogP contribution in [-0.4, -0.2) is 39.2 Å². The third kappa shape index (κ3) is 4.05. The van der Waals surface area contributed by atoms with Crippen molar-refractivity contribution in [1.82, 2.24) is 14.5 Å². The molecule has 1 amide bonds. The van der Waals surface area contributed by atoms with Gasteiger partial charge in [0, 0.05) is 20.1 Å². The van der Waals surface area contributed by atoms with Crippen molar-refractivity contribution >= 4 is 11.7 Å². The van der Waals surface area contributed by atoms with E-state index in [1.807, 2.05) is 0 Å². The van der Waals surface area contributed by atoms with Crippen molar-refractivity contribution in [2.75, 3.05) is 13.1 Å². The maximum absolute atomic E-state index is 13.0. The van der Waals surface area contributed by atoms with Gasteiger partial charge in [-0.05, 0) is 32.8 Å². The molecule has 1 aliphatic heterocycles. The standard InChI is InChI=1S/C15H20F3N3O2/c1-14(2,3)23-13(22)21-7-5-10(6-8-21)11-12(15(16,17)18)19-9-20(11)4/h5,9H,6-8H2,1-4H3. The first-order chi connectivity index (χ1) is 10.5. The lowest BCUT2D eigenvalue weighted by Crippen LogP contribution is -2.39. The molecule has 1 aromatic rings. The van der Waals surface area contributed by atoms with Crippen molar-refractivity contribution in [1.29, 1.82) is 0 Å². The number of imidazole rings is 1. The molecule has 0 unspecified atom stereocenters. The molecule has 23 heavy (non-hydrogen) atoms. The van der Waals surface area contributed by atoms with Crippen LogP contribution in [0.1, 0.15) is 38.6 Å². The normalized spacial score (nSPS) is 16.3. The number of alkyl halides is 3. The highest BCUT2D eigenvalue weighted by Crippen LogP contribution is 2.35. The Bertz CT molecular complexity index is 627. The Morgan fingerprint density at radius 3 is 2.43 bits per heavy atom. The fourth-order valence-corrected chi connectivity index (χ4v) is 2.39. The molecule has 0 fully saturated rings. The first-order valence-electron chi connectivity index (χ1n) is 7.25. The summed E-state index contributed by atoms with van der Waals surface area (Å²) in [6.07, 6.45) is -1.87. The van der Waals surface area contributed by atoms with Crippen molar-refractivity contribution in [3.05, 3.63) is 23.8 Å². The van der Waals surface area contributed by atoms with Gasteiger partial charge in [0.2, 0.25) is 0 Å². The van der Waals surface area contributed by atoms with Gasteiger partial charge in [0.1, 0.15) is 5.60 Å². The molecule has 5 nitrogen and oxygen atoms in total. The number of halogens is 3. The van der Waals surface area contributed by atoms with E-state index in [4.69, 9.17) is 4.74 Å².